The molecule has 23 heavy (non-hydrogen) atoms. The van der Waals surface area contributed by atoms with Gasteiger partial charge in [-0.15, -0.1) is 0 Å². The van der Waals surface area contributed by atoms with Crippen molar-refractivity contribution in [1.82, 2.24) is 5.32 Å². The quantitative estimate of drug-likeness (QED) is 0.648. The Kier molecular flexibility index (Phi) is 5.67. The monoisotopic (exact) mass is 334 g/mol. The number of hydrogen-bond acceptors (Lipinski definition) is 4. The summed E-state index contributed by atoms with van der Waals surface area (Å²) in [6, 6.07) is 12.7. The van der Waals surface area contributed by atoms with Gasteiger partial charge in [-0.1, -0.05) is 35.9 Å². The minimum Gasteiger partial charge on any atom is -0.375 e. The third-order valence-electron chi connectivity index (χ3n) is 3.30. The van der Waals surface area contributed by atoms with Crippen LogP contribution >= 0.6 is 11.6 Å². The van der Waals surface area contributed by atoms with Crippen LogP contribution in [-0.2, 0) is 4.74 Å². The minimum atomic E-state index is -0.543. The van der Waals surface area contributed by atoms with Gasteiger partial charge < -0.3 is 10.1 Å². The van der Waals surface area contributed by atoms with E-state index in [4.69, 9.17) is 16.3 Å². The molecule has 0 radical (unpaired) electrons. The first kappa shape index (κ1) is 16.9. The van der Waals surface area contributed by atoms with Crippen LogP contribution in [-0.4, -0.2) is 24.5 Å². The van der Waals surface area contributed by atoms with Gasteiger partial charge in [-0.25, -0.2) is 0 Å². The summed E-state index contributed by atoms with van der Waals surface area (Å²) >= 11 is 6.12. The SMILES string of the molecule is COC(CNC(=O)c1cccc([N+](=O)[O-])c1)c1ccccc1Cl. The Morgan fingerprint density at radius 3 is 2.70 bits per heavy atom. The summed E-state index contributed by atoms with van der Waals surface area (Å²) in [6.45, 7) is 0.196. The molecule has 0 aliphatic rings. The predicted molar refractivity (Wildman–Crippen MR) is 86.6 cm³/mol. The van der Waals surface area contributed by atoms with E-state index in [1.807, 2.05) is 12.1 Å². The zero-order chi connectivity index (χ0) is 16.8. The van der Waals surface area contributed by atoms with E-state index in [1.165, 1.54) is 31.4 Å². The van der Waals surface area contributed by atoms with E-state index in [-0.39, 0.29) is 17.8 Å². The maximum atomic E-state index is 12.1. The average Bonchev–Trinajstić information content (AvgIpc) is 2.56. The number of nitrogens with zero attached hydrogens (tertiary/aromatic N) is 1. The highest BCUT2D eigenvalue weighted by Crippen LogP contribution is 2.24. The first-order valence-electron chi connectivity index (χ1n) is 6.83. The summed E-state index contributed by atoms with van der Waals surface area (Å²) in [7, 11) is 1.52. The van der Waals surface area contributed by atoms with Crippen molar-refractivity contribution in [2.75, 3.05) is 13.7 Å². The molecule has 1 N–H and O–H groups in total. The number of amides is 1. The van der Waals surface area contributed by atoms with Crippen LogP contribution in [0, 0.1) is 10.1 Å². The summed E-state index contributed by atoms with van der Waals surface area (Å²) in [4.78, 5) is 22.3. The Morgan fingerprint density at radius 1 is 1.30 bits per heavy atom. The molecule has 0 saturated carbocycles. The van der Waals surface area contributed by atoms with Crippen molar-refractivity contribution >= 4 is 23.2 Å². The molecule has 2 rings (SSSR count). The van der Waals surface area contributed by atoms with Gasteiger partial charge in [-0.3, -0.25) is 14.9 Å². The van der Waals surface area contributed by atoms with Crippen LogP contribution in [0.1, 0.15) is 22.0 Å². The third kappa shape index (κ3) is 4.28. The van der Waals surface area contributed by atoms with Gasteiger partial charge >= 0.3 is 0 Å². The Morgan fingerprint density at radius 2 is 2.04 bits per heavy atom. The minimum absolute atomic E-state index is 0.132. The van der Waals surface area contributed by atoms with Crippen LogP contribution in [0.4, 0.5) is 5.69 Å². The van der Waals surface area contributed by atoms with Gasteiger partial charge in [-0.05, 0) is 12.1 Å². The summed E-state index contributed by atoms with van der Waals surface area (Å²) in [5.74, 6) is -0.414. The van der Waals surface area contributed by atoms with Crippen molar-refractivity contribution in [2.45, 2.75) is 6.10 Å². The van der Waals surface area contributed by atoms with Crippen molar-refractivity contribution in [3.63, 3.8) is 0 Å². The molecule has 1 atom stereocenters. The highest BCUT2D eigenvalue weighted by molar-refractivity contribution is 6.31. The summed E-state index contributed by atoms with van der Waals surface area (Å²) in [5.41, 5.74) is 0.844. The van der Waals surface area contributed by atoms with E-state index in [2.05, 4.69) is 5.32 Å². The number of rotatable bonds is 6. The average molecular weight is 335 g/mol. The van der Waals surface area contributed by atoms with Crippen LogP contribution < -0.4 is 5.32 Å². The number of carbonyl (C=O) groups excluding carboxylic acids is 1. The fourth-order valence-electron chi connectivity index (χ4n) is 2.10. The van der Waals surface area contributed by atoms with Crippen molar-refractivity contribution in [1.29, 1.82) is 0 Å². The van der Waals surface area contributed by atoms with E-state index in [1.54, 1.807) is 12.1 Å². The highest BCUT2D eigenvalue weighted by Gasteiger charge is 2.16. The molecule has 120 valence electrons. The molecule has 0 spiro atoms. The number of carbonyl (C=O) groups is 1. The Labute approximate surface area is 138 Å². The molecular weight excluding hydrogens is 320 g/mol. The molecule has 0 aromatic heterocycles. The molecule has 0 saturated heterocycles. The van der Waals surface area contributed by atoms with E-state index in [0.29, 0.717) is 5.02 Å². The van der Waals surface area contributed by atoms with Gasteiger partial charge in [0, 0.05) is 41.9 Å². The zero-order valence-corrected chi connectivity index (χ0v) is 13.1. The molecule has 0 fully saturated rings. The smallest absolute Gasteiger partial charge is 0.270 e. The second-order valence-electron chi connectivity index (χ2n) is 4.76. The Balaban J connectivity index is 2.07. The number of methoxy groups -OCH3 is 1. The highest BCUT2D eigenvalue weighted by atomic mass is 35.5. The fraction of sp³-hybridized carbons (Fsp3) is 0.188. The second-order valence-corrected chi connectivity index (χ2v) is 5.17. The van der Waals surface area contributed by atoms with Gasteiger partial charge in [0.05, 0.1) is 4.92 Å². The van der Waals surface area contributed by atoms with E-state index >= 15 is 0 Å². The number of nitrogens with one attached hydrogen (secondary N) is 1. The fourth-order valence-corrected chi connectivity index (χ4v) is 2.36. The van der Waals surface area contributed by atoms with Gasteiger partial charge in [0.2, 0.25) is 0 Å². The van der Waals surface area contributed by atoms with E-state index < -0.39 is 16.9 Å². The summed E-state index contributed by atoms with van der Waals surface area (Å²) in [6.07, 6.45) is -0.411. The van der Waals surface area contributed by atoms with Crippen molar-refractivity contribution in [2.24, 2.45) is 0 Å². The topological polar surface area (TPSA) is 81.5 Å². The van der Waals surface area contributed by atoms with Gasteiger partial charge in [0.25, 0.3) is 11.6 Å². The van der Waals surface area contributed by atoms with Crippen LogP contribution in [0.3, 0.4) is 0 Å². The number of hydrogen-bond donors (Lipinski definition) is 1. The van der Waals surface area contributed by atoms with Crippen LogP contribution in [0.5, 0.6) is 0 Å². The number of nitro benzene ring substituents is 1. The largest absolute Gasteiger partial charge is 0.375 e. The van der Waals surface area contributed by atoms with Crippen LogP contribution in [0.2, 0.25) is 5.02 Å². The zero-order valence-electron chi connectivity index (χ0n) is 12.4. The molecule has 0 aliphatic heterocycles. The van der Waals surface area contributed by atoms with Gasteiger partial charge in [-0.2, -0.15) is 0 Å². The number of non-ortho nitro benzene ring substituents is 1. The lowest BCUT2D eigenvalue weighted by Crippen LogP contribution is -2.29. The van der Waals surface area contributed by atoms with Crippen molar-refractivity contribution in [3.05, 3.63) is 74.8 Å². The summed E-state index contributed by atoms with van der Waals surface area (Å²) < 4.78 is 5.36. The molecule has 6 nitrogen and oxygen atoms in total. The van der Waals surface area contributed by atoms with Crippen molar-refractivity contribution in [3.8, 4) is 0 Å². The first-order valence-corrected chi connectivity index (χ1v) is 7.20. The predicted octanol–water partition coefficient (Wildman–Crippen LogP) is 3.37. The number of halogens is 1. The second kappa shape index (κ2) is 7.71. The van der Waals surface area contributed by atoms with E-state index in [9.17, 15) is 14.9 Å². The molecule has 1 unspecified atom stereocenters. The molecule has 2 aromatic carbocycles. The van der Waals surface area contributed by atoms with Crippen molar-refractivity contribution < 1.29 is 14.5 Å². The van der Waals surface area contributed by atoms with Gasteiger partial charge in [0.15, 0.2) is 0 Å². The maximum Gasteiger partial charge on any atom is 0.270 e. The molecule has 0 bridgehead atoms. The molecule has 2 aromatic rings. The Bertz CT molecular complexity index is 721. The number of benzene rings is 2. The molecule has 0 aliphatic carbocycles. The Hall–Kier alpha value is -2.44. The standard InChI is InChI=1S/C16H15ClN2O4/c1-23-15(13-7-2-3-8-14(13)17)10-18-16(20)11-5-4-6-12(9-11)19(21)22/h2-9,15H,10H2,1H3,(H,18,20). The molecule has 7 heteroatoms. The first-order chi connectivity index (χ1) is 11.0. The molecule has 1 amide bonds. The normalized spacial score (nSPS) is 11.7. The van der Waals surface area contributed by atoms with Crippen LogP contribution in [0.15, 0.2) is 48.5 Å². The van der Waals surface area contributed by atoms with E-state index in [0.717, 1.165) is 5.56 Å². The number of ether oxygens (including phenoxy) is 1. The summed E-state index contributed by atoms with van der Waals surface area (Å²) in [5, 5.41) is 14.0. The lowest BCUT2D eigenvalue weighted by Gasteiger charge is -2.17. The lowest BCUT2D eigenvalue weighted by molar-refractivity contribution is -0.384. The number of nitro groups is 1. The third-order valence-corrected chi connectivity index (χ3v) is 3.65. The molecule has 0 heterocycles. The molecular formula is C16H15ClN2O4. The lowest BCUT2D eigenvalue weighted by atomic mass is 10.1. The van der Waals surface area contributed by atoms with Crippen LogP contribution in [0.25, 0.3) is 0 Å². The maximum absolute atomic E-state index is 12.1. The van der Waals surface area contributed by atoms with Gasteiger partial charge in [0.1, 0.15) is 6.10 Å².